The summed E-state index contributed by atoms with van der Waals surface area (Å²) >= 11 is 0. The first-order chi connectivity index (χ1) is 9.91. The number of rotatable bonds is 10. The Balaban J connectivity index is 2.08. The third kappa shape index (κ3) is 5.99. The minimum absolute atomic E-state index is 0.000577. The third-order valence-electron chi connectivity index (χ3n) is 3.18. The summed E-state index contributed by atoms with van der Waals surface area (Å²) in [6.45, 7) is 4.35. The van der Waals surface area contributed by atoms with Gasteiger partial charge in [0.05, 0.1) is 13.2 Å². The second-order valence-corrected chi connectivity index (χ2v) is 5.18. The lowest BCUT2D eigenvalue weighted by atomic mass is 10.1. The molecule has 0 aromatic rings. The number of Topliss-reactive ketones (excluding diaryl/α,β-unsaturated/α-hetero) is 2. The monoisotopic (exact) mass is 295 g/mol. The largest absolute Gasteiger partial charge is 0.381 e. The molecule has 0 aromatic carbocycles. The van der Waals surface area contributed by atoms with E-state index < -0.39 is 0 Å². The SMILES string of the molecule is CC(C)C(=O)CCOCCC(=O)CCN1C(=O)C=CC1=O. The highest BCUT2D eigenvalue weighted by atomic mass is 16.5. The van der Waals surface area contributed by atoms with Crippen LogP contribution in [0.1, 0.15) is 33.1 Å². The van der Waals surface area contributed by atoms with Crippen molar-refractivity contribution in [2.45, 2.75) is 33.1 Å². The highest BCUT2D eigenvalue weighted by Gasteiger charge is 2.23. The van der Waals surface area contributed by atoms with Crippen molar-refractivity contribution < 1.29 is 23.9 Å². The summed E-state index contributed by atoms with van der Waals surface area (Å²) in [5, 5.41) is 0. The van der Waals surface area contributed by atoms with Crippen molar-refractivity contribution in [2.24, 2.45) is 5.92 Å². The predicted octanol–water partition coefficient (Wildman–Crippen LogP) is 0.892. The third-order valence-corrected chi connectivity index (χ3v) is 3.18. The number of hydrogen-bond donors (Lipinski definition) is 0. The van der Waals surface area contributed by atoms with Crippen molar-refractivity contribution in [1.29, 1.82) is 0 Å². The Morgan fingerprint density at radius 1 is 1.05 bits per heavy atom. The zero-order chi connectivity index (χ0) is 15.8. The van der Waals surface area contributed by atoms with E-state index in [9.17, 15) is 19.2 Å². The molecule has 1 aliphatic heterocycles. The van der Waals surface area contributed by atoms with E-state index in [0.29, 0.717) is 13.0 Å². The van der Waals surface area contributed by atoms with Crippen LogP contribution in [0, 0.1) is 5.92 Å². The molecule has 0 atom stereocenters. The molecule has 2 amide bonds. The molecule has 21 heavy (non-hydrogen) atoms. The molecule has 1 aliphatic rings. The van der Waals surface area contributed by atoms with Crippen LogP contribution in [0.4, 0.5) is 0 Å². The molecule has 0 radical (unpaired) electrons. The van der Waals surface area contributed by atoms with Gasteiger partial charge in [-0.15, -0.1) is 0 Å². The average Bonchev–Trinajstić information content (AvgIpc) is 2.75. The predicted molar refractivity (Wildman–Crippen MR) is 75.4 cm³/mol. The molecule has 1 heterocycles. The summed E-state index contributed by atoms with van der Waals surface area (Å²) < 4.78 is 5.24. The molecule has 0 N–H and O–H groups in total. The van der Waals surface area contributed by atoms with Crippen molar-refractivity contribution in [3.05, 3.63) is 12.2 Å². The molecule has 116 valence electrons. The summed E-state index contributed by atoms with van der Waals surface area (Å²) in [4.78, 5) is 46.5. The average molecular weight is 295 g/mol. The second kappa shape index (κ2) is 8.46. The van der Waals surface area contributed by atoms with Crippen LogP contribution in [0.5, 0.6) is 0 Å². The van der Waals surface area contributed by atoms with Gasteiger partial charge < -0.3 is 4.74 Å². The smallest absolute Gasteiger partial charge is 0.253 e. The van der Waals surface area contributed by atoms with Crippen molar-refractivity contribution >= 4 is 23.4 Å². The van der Waals surface area contributed by atoms with Crippen LogP contribution < -0.4 is 0 Å². The standard InChI is InChI=1S/C15H21NO5/c1-11(2)13(18)7-10-21-9-6-12(17)5-8-16-14(19)3-4-15(16)20/h3-4,11H,5-10H2,1-2H3. The van der Waals surface area contributed by atoms with Crippen LogP contribution in [0.25, 0.3) is 0 Å². The number of hydrogen-bond acceptors (Lipinski definition) is 5. The number of imide groups is 1. The van der Waals surface area contributed by atoms with Gasteiger partial charge in [0.25, 0.3) is 11.8 Å². The Kier molecular flexibility index (Phi) is 6.94. The van der Waals surface area contributed by atoms with Gasteiger partial charge >= 0.3 is 0 Å². The zero-order valence-corrected chi connectivity index (χ0v) is 12.5. The molecule has 0 saturated heterocycles. The van der Waals surface area contributed by atoms with Crippen LogP contribution in [0.15, 0.2) is 12.2 Å². The molecule has 0 unspecified atom stereocenters. The first-order valence-electron chi connectivity index (χ1n) is 7.07. The minimum Gasteiger partial charge on any atom is -0.381 e. The molecular weight excluding hydrogens is 274 g/mol. The molecule has 6 heteroatoms. The summed E-state index contributed by atoms with van der Waals surface area (Å²) in [5.74, 6) is -0.690. The lowest BCUT2D eigenvalue weighted by Gasteiger charge is -2.12. The van der Waals surface area contributed by atoms with Crippen LogP contribution >= 0.6 is 0 Å². The normalized spacial score (nSPS) is 14.3. The second-order valence-electron chi connectivity index (χ2n) is 5.18. The van der Waals surface area contributed by atoms with Crippen LogP contribution in [0.3, 0.4) is 0 Å². The van der Waals surface area contributed by atoms with Crippen molar-refractivity contribution in [3.63, 3.8) is 0 Å². The first-order valence-corrected chi connectivity index (χ1v) is 7.07. The van der Waals surface area contributed by atoms with E-state index >= 15 is 0 Å². The van der Waals surface area contributed by atoms with Crippen molar-refractivity contribution in [2.75, 3.05) is 19.8 Å². The highest BCUT2D eigenvalue weighted by molar-refractivity contribution is 6.13. The van der Waals surface area contributed by atoms with E-state index in [0.717, 1.165) is 4.90 Å². The van der Waals surface area contributed by atoms with E-state index in [1.807, 2.05) is 13.8 Å². The highest BCUT2D eigenvalue weighted by Crippen LogP contribution is 2.05. The summed E-state index contributed by atoms with van der Waals surface area (Å²) in [5.41, 5.74) is 0. The molecule has 0 bridgehead atoms. The van der Waals surface area contributed by atoms with Gasteiger partial charge in [0, 0.05) is 43.9 Å². The molecule has 1 rings (SSSR count). The molecule has 0 aliphatic carbocycles. The van der Waals surface area contributed by atoms with Crippen molar-refractivity contribution in [3.8, 4) is 0 Å². The fraction of sp³-hybridized carbons (Fsp3) is 0.600. The van der Waals surface area contributed by atoms with E-state index in [-0.39, 0.29) is 55.3 Å². The van der Waals surface area contributed by atoms with Gasteiger partial charge in [0.1, 0.15) is 11.6 Å². The Bertz CT molecular complexity index is 435. The van der Waals surface area contributed by atoms with Gasteiger partial charge in [-0.3, -0.25) is 24.1 Å². The van der Waals surface area contributed by atoms with Crippen LogP contribution in [-0.4, -0.2) is 48.0 Å². The number of carbonyl (C=O) groups is 4. The summed E-state index contributed by atoms with van der Waals surface area (Å²) in [6, 6.07) is 0. The topological polar surface area (TPSA) is 80.8 Å². The van der Waals surface area contributed by atoms with Gasteiger partial charge in [0.15, 0.2) is 0 Å². The molecular formula is C15H21NO5. The lowest BCUT2D eigenvalue weighted by Crippen LogP contribution is -2.32. The Morgan fingerprint density at radius 2 is 1.62 bits per heavy atom. The number of carbonyl (C=O) groups excluding carboxylic acids is 4. The molecule has 0 spiro atoms. The Hall–Kier alpha value is -1.82. The Labute approximate surface area is 124 Å². The summed E-state index contributed by atoms with van der Waals surface area (Å²) in [6.07, 6.45) is 3.10. The van der Waals surface area contributed by atoms with Crippen molar-refractivity contribution in [1.82, 2.24) is 4.90 Å². The molecule has 0 aromatic heterocycles. The molecule has 0 saturated carbocycles. The van der Waals surface area contributed by atoms with E-state index in [2.05, 4.69) is 0 Å². The maximum absolute atomic E-state index is 11.6. The van der Waals surface area contributed by atoms with Crippen LogP contribution in [0.2, 0.25) is 0 Å². The van der Waals surface area contributed by atoms with Gasteiger partial charge in [-0.2, -0.15) is 0 Å². The molecule has 6 nitrogen and oxygen atoms in total. The maximum Gasteiger partial charge on any atom is 0.253 e. The number of ether oxygens (including phenoxy) is 1. The van der Waals surface area contributed by atoms with Gasteiger partial charge in [0.2, 0.25) is 0 Å². The Morgan fingerprint density at radius 3 is 2.19 bits per heavy atom. The van der Waals surface area contributed by atoms with E-state index in [1.54, 1.807) is 0 Å². The number of ketones is 2. The number of nitrogens with zero attached hydrogens (tertiary/aromatic N) is 1. The van der Waals surface area contributed by atoms with E-state index in [4.69, 9.17) is 4.74 Å². The quantitative estimate of drug-likeness (QED) is 0.442. The van der Waals surface area contributed by atoms with Gasteiger partial charge in [-0.1, -0.05) is 13.8 Å². The lowest BCUT2D eigenvalue weighted by molar-refractivity contribution is -0.137. The fourth-order valence-corrected chi connectivity index (χ4v) is 1.76. The molecule has 0 fully saturated rings. The van der Waals surface area contributed by atoms with Gasteiger partial charge in [-0.25, -0.2) is 0 Å². The maximum atomic E-state index is 11.6. The van der Waals surface area contributed by atoms with E-state index in [1.165, 1.54) is 12.2 Å². The fourth-order valence-electron chi connectivity index (χ4n) is 1.76. The van der Waals surface area contributed by atoms with Gasteiger partial charge in [-0.05, 0) is 0 Å². The zero-order valence-electron chi connectivity index (χ0n) is 12.5. The van der Waals surface area contributed by atoms with Crippen LogP contribution in [-0.2, 0) is 23.9 Å². The first kappa shape index (κ1) is 17.2. The number of amides is 2. The summed E-state index contributed by atoms with van der Waals surface area (Å²) in [7, 11) is 0. The minimum atomic E-state index is -0.378.